The minimum atomic E-state index is -2.96. The summed E-state index contributed by atoms with van der Waals surface area (Å²) in [4.78, 5) is 4.51. The van der Waals surface area contributed by atoms with Crippen LogP contribution >= 0.6 is 24.0 Å². The van der Waals surface area contributed by atoms with Gasteiger partial charge in [-0.2, -0.15) is 0 Å². The first-order chi connectivity index (χ1) is 10.9. The van der Waals surface area contributed by atoms with E-state index in [-0.39, 0.29) is 36.3 Å². The fourth-order valence-electron chi connectivity index (χ4n) is 1.76. The monoisotopic (exact) mass is 469 g/mol. The van der Waals surface area contributed by atoms with E-state index < -0.39 is 9.84 Å². The van der Waals surface area contributed by atoms with Crippen molar-refractivity contribution in [3.63, 3.8) is 0 Å². The molecule has 0 saturated heterocycles. The van der Waals surface area contributed by atoms with Crippen molar-refractivity contribution < 1.29 is 13.2 Å². The number of benzene rings is 1. The van der Waals surface area contributed by atoms with Crippen molar-refractivity contribution in [3.8, 4) is 0 Å². The van der Waals surface area contributed by atoms with E-state index in [0.29, 0.717) is 19.7 Å². The van der Waals surface area contributed by atoms with Crippen LogP contribution in [-0.4, -0.2) is 52.7 Å². The molecule has 2 N–H and O–H groups in total. The van der Waals surface area contributed by atoms with Crippen molar-refractivity contribution in [3.05, 3.63) is 35.4 Å². The highest BCUT2D eigenvalue weighted by molar-refractivity contribution is 14.0. The van der Waals surface area contributed by atoms with Crippen LogP contribution in [-0.2, 0) is 21.1 Å². The lowest BCUT2D eigenvalue weighted by Gasteiger charge is -2.11. The third-order valence-electron chi connectivity index (χ3n) is 3.02. The number of hydrogen-bond donors (Lipinski definition) is 2. The summed E-state index contributed by atoms with van der Waals surface area (Å²) >= 11 is 0. The number of sulfone groups is 1. The van der Waals surface area contributed by atoms with Crippen LogP contribution in [0.4, 0.5) is 0 Å². The first-order valence-corrected chi connectivity index (χ1v) is 9.80. The van der Waals surface area contributed by atoms with Gasteiger partial charge in [0.1, 0.15) is 9.84 Å². The Morgan fingerprint density at radius 2 is 1.83 bits per heavy atom. The van der Waals surface area contributed by atoms with Gasteiger partial charge in [0.05, 0.1) is 25.5 Å². The molecule has 1 rings (SSSR count). The van der Waals surface area contributed by atoms with Crippen LogP contribution < -0.4 is 10.6 Å². The summed E-state index contributed by atoms with van der Waals surface area (Å²) in [7, 11) is -2.96. The molecular formula is C16H28IN3O3S. The van der Waals surface area contributed by atoms with Crippen molar-refractivity contribution in [2.45, 2.75) is 20.4 Å². The van der Waals surface area contributed by atoms with Gasteiger partial charge < -0.3 is 15.4 Å². The fourth-order valence-corrected chi connectivity index (χ4v) is 2.18. The second kappa shape index (κ2) is 12.5. The van der Waals surface area contributed by atoms with Crippen LogP contribution in [0.25, 0.3) is 0 Å². The third-order valence-corrected chi connectivity index (χ3v) is 3.93. The first-order valence-electron chi connectivity index (χ1n) is 7.74. The first kappa shape index (κ1) is 23.1. The molecule has 0 aliphatic heterocycles. The molecule has 0 amide bonds. The van der Waals surface area contributed by atoms with E-state index in [9.17, 15) is 8.42 Å². The molecule has 0 heterocycles. The van der Waals surface area contributed by atoms with E-state index in [2.05, 4.69) is 46.8 Å². The Balaban J connectivity index is 0.00000529. The second-order valence-electron chi connectivity index (χ2n) is 5.35. The molecule has 0 unspecified atom stereocenters. The maximum Gasteiger partial charge on any atom is 0.191 e. The van der Waals surface area contributed by atoms with Crippen LogP contribution in [0.5, 0.6) is 0 Å². The normalized spacial score (nSPS) is 11.7. The van der Waals surface area contributed by atoms with Crippen molar-refractivity contribution in [1.82, 2.24) is 10.6 Å². The predicted octanol–water partition coefficient (Wildman–Crippen LogP) is 1.73. The summed E-state index contributed by atoms with van der Waals surface area (Å²) in [5.41, 5.74) is 2.38. The second-order valence-corrected chi connectivity index (χ2v) is 7.61. The molecule has 0 radical (unpaired) electrons. The quantitative estimate of drug-likeness (QED) is 0.249. The highest BCUT2D eigenvalue weighted by Gasteiger charge is 2.01. The lowest BCUT2D eigenvalue weighted by atomic mass is 10.1. The summed E-state index contributed by atoms with van der Waals surface area (Å²) in [6.07, 6.45) is 1.20. The standard InChI is InChI=1S/C16H27N3O3S.HI/c1-4-17-16(18-9-10-22-11-12-23(3,20)21)19-13-15-7-5-14(2)6-8-15;/h5-8H,4,9-13H2,1-3H3,(H2,17,18,19);1H. The smallest absolute Gasteiger partial charge is 0.191 e. The van der Waals surface area contributed by atoms with Gasteiger partial charge in [0.25, 0.3) is 0 Å². The van der Waals surface area contributed by atoms with E-state index in [4.69, 9.17) is 4.74 Å². The Kier molecular flexibility index (Phi) is 12.0. The number of hydrogen-bond acceptors (Lipinski definition) is 4. The number of aryl methyl sites for hydroxylation is 1. The fraction of sp³-hybridized carbons (Fsp3) is 0.562. The Morgan fingerprint density at radius 1 is 1.17 bits per heavy atom. The van der Waals surface area contributed by atoms with Gasteiger partial charge in [-0.15, -0.1) is 24.0 Å². The van der Waals surface area contributed by atoms with Crippen LogP contribution in [0.15, 0.2) is 29.3 Å². The van der Waals surface area contributed by atoms with Gasteiger partial charge in [-0.25, -0.2) is 13.4 Å². The lowest BCUT2D eigenvalue weighted by Crippen LogP contribution is -2.39. The third kappa shape index (κ3) is 11.6. The molecule has 8 heteroatoms. The molecule has 0 atom stereocenters. The Hall–Kier alpha value is -0.870. The van der Waals surface area contributed by atoms with Gasteiger partial charge in [-0.05, 0) is 19.4 Å². The number of guanidine groups is 1. The number of nitrogens with zero attached hydrogens (tertiary/aromatic N) is 1. The average Bonchev–Trinajstić information content (AvgIpc) is 2.48. The van der Waals surface area contributed by atoms with Gasteiger partial charge in [0.2, 0.25) is 0 Å². The molecule has 0 fully saturated rings. The highest BCUT2D eigenvalue weighted by Crippen LogP contribution is 2.04. The largest absolute Gasteiger partial charge is 0.379 e. The number of rotatable bonds is 9. The van der Waals surface area contributed by atoms with Gasteiger partial charge in [0, 0.05) is 19.3 Å². The molecule has 0 bridgehead atoms. The molecule has 0 aliphatic carbocycles. The summed E-state index contributed by atoms with van der Waals surface area (Å²) in [6.45, 7) is 6.67. The maximum atomic E-state index is 11.0. The molecule has 24 heavy (non-hydrogen) atoms. The van der Waals surface area contributed by atoms with Crippen LogP contribution in [0.1, 0.15) is 18.1 Å². The van der Waals surface area contributed by atoms with Gasteiger partial charge in [-0.1, -0.05) is 29.8 Å². The van der Waals surface area contributed by atoms with Gasteiger partial charge in [0.15, 0.2) is 5.96 Å². The van der Waals surface area contributed by atoms with Crippen molar-refractivity contribution in [2.75, 3.05) is 38.3 Å². The zero-order valence-corrected chi connectivity index (χ0v) is 17.7. The average molecular weight is 469 g/mol. The molecular weight excluding hydrogens is 441 g/mol. The van der Waals surface area contributed by atoms with Crippen molar-refractivity contribution >= 4 is 39.8 Å². The van der Waals surface area contributed by atoms with Crippen molar-refractivity contribution in [2.24, 2.45) is 4.99 Å². The van der Waals surface area contributed by atoms with E-state index in [1.165, 1.54) is 11.8 Å². The van der Waals surface area contributed by atoms with Gasteiger partial charge in [-0.3, -0.25) is 0 Å². The van der Waals surface area contributed by atoms with Gasteiger partial charge >= 0.3 is 0 Å². The minimum absolute atomic E-state index is 0. The van der Waals surface area contributed by atoms with E-state index >= 15 is 0 Å². The molecule has 0 aliphatic rings. The number of nitrogens with one attached hydrogen (secondary N) is 2. The summed E-state index contributed by atoms with van der Waals surface area (Å²) in [5.74, 6) is 0.772. The molecule has 0 spiro atoms. The lowest BCUT2D eigenvalue weighted by molar-refractivity contribution is 0.154. The van der Waals surface area contributed by atoms with E-state index in [1.54, 1.807) is 0 Å². The van der Waals surface area contributed by atoms with Crippen molar-refractivity contribution in [1.29, 1.82) is 0 Å². The predicted molar refractivity (Wildman–Crippen MR) is 110 cm³/mol. The number of halogens is 1. The SMILES string of the molecule is CCNC(=NCc1ccc(C)cc1)NCCOCCS(C)(=O)=O.I. The van der Waals surface area contributed by atoms with Crippen LogP contribution in [0.3, 0.4) is 0 Å². The topological polar surface area (TPSA) is 79.8 Å². The molecule has 0 aromatic heterocycles. The Bertz CT molecular complexity index is 589. The highest BCUT2D eigenvalue weighted by atomic mass is 127. The Morgan fingerprint density at radius 3 is 2.42 bits per heavy atom. The maximum absolute atomic E-state index is 11.0. The molecule has 0 saturated carbocycles. The van der Waals surface area contributed by atoms with E-state index in [1.807, 2.05) is 6.92 Å². The molecule has 138 valence electrons. The Labute approximate surface area is 162 Å². The number of ether oxygens (including phenoxy) is 1. The summed E-state index contributed by atoms with van der Waals surface area (Å²) < 4.78 is 27.2. The van der Waals surface area contributed by atoms with E-state index in [0.717, 1.165) is 18.1 Å². The summed E-state index contributed by atoms with van der Waals surface area (Å²) in [5, 5.41) is 6.33. The minimum Gasteiger partial charge on any atom is -0.379 e. The molecule has 1 aromatic rings. The van der Waals surface area contributed by atoms with Crippen LogP contribution in [0.2, 0.25) is 0 Å². The zero-order chi connectivity index (χ0) is 17.1. The number of aliphatic imine (C=N–C) groups is 1. The summed E-state index contributed by atoms with van der Waals surface area (Å²) in [6, 6.07) is 8.27. The molecule has 1 aromatic carbocycles. The van der Waals surface area contributed by atoms with Crippen LogP contribution in [0, 0.1) is 6.92 Å². The molecule has 6 nitrogen and oxygen atoms in total. The zero-order valence-electron chi connectivity index (χ0n) is 14.5.